The van der Waals surface area contributed by atoms with Gasteiger partial charge in [0.1, 0.15) is 0 Å². The van der Waals surface area contributed by atoms with Gasteiger partial charge in [-0.1, -0.05) is 24.6 Å². The molecule has 106 valence electrons. The van der Waals surface area contributed by atoms with Gasteiger partial charge in [-0.05, 0) is 55.1 Å². The number of anilines is 1. The Morgan fingerprint density at radius 3 is 2.50 bits per heavy atom. The third-order valence-corrected chi connectivity index (χ3v) is 4.73. The summed E-state index contributed by atoms with van der Waals surface area (Å²) in [5.41, 5.74) is 2.63. The largest absolute Gasteiger partial charge is 0.380 e. The van der Waals surface area contributed by atoms with E-state index in [1.54, 1.807) is 11.3 Å². The first-order chi connectivity index (χ1) is 9.90. The fourth-order valence-electron chi connectivity index (χ4n) is 2.71. The quantitative estimate of drug-likeness (QED) is 0.879. The smallest absolute Gasteiger partial charge is 0.0494 e. The van der Waals surface area contributed by atoms with Crippen LogP contribution < -0.4 is 5.32 Å². The first-order valence-corrected chi connectivity index (χ1v) is 8.36. The molecule has 20 heavy (non-hydrogen) atoms. The van der Waals surface area contributed by atoms with E-state index in [0.29, 0.717) is 0 Å². The van der Waals surface area contributed by atoms with E-state index in [1.165, 1.54) is 48.5 Å². The highest BCUT2D eigenvalue weighted by Gasteiger charge is 2.10. The van der Waals surface area contributed by atoms with Crippen molar-refractivity contribution >= 4 is 17.0 Å². The summed E-state index contributed by atoms with van der Waals surface area (Å²) in [7, 11) is 0. The molecule has 1 aromatic heterocycles. The minimum Gasteiger partial charge on any atom is -0.380 e. The van der Waals surface area contributed by atoms with E-state index in [-0.39, 0.29) is 0 Å². The van der Waals surface area contributed by atoms with Crippen LogP contribution in [-0.4, -0.2) is 18.0 Å². The zero-order valence-corrected chi connectivity index (χ0v) is 12.7. The number of likely N-dealkylation sites (tertiary alicyclic amines) is 1. The van der Waals surface area contributed by atoms with E-state index in [0.717, 1.165) is 13.1 Å². The number of piperidine rings is 1. The summed E-state index contributed by atoms with van der Waals surface area (Å²) in [6, 6.07) is 13.2. The molecule has 0 aliphatic carbocycles. The number of hydrogen-bond acceptors (Lipinski definition) is 3. The van der Waals surface area contributed by atoms with Gasteiger partial charge in [0.2, 0.25) is 0 Å². The molecule has 2 heterocycles. The Kier molecular flexibility index (Phi) is 4.72. The highest BCUT2D eigenvalue weighted by Crippen LogP contribution is 2.16. The second kappa shape index (κ2) is 6.91. The molecule has 0 radical (unpaired) electrons. The average molecular weight is 286 g/mol. The van der Waals surface area contributed by atoms with Crippen LogP contribution in [0.5, 0.6) is 0 Å². The van der Waals surface area contributed by atoms with Crippen molar-refractivity contribution in [2.24, 2.45) is 0 Å². The van der Waals surface area contributed by atoms with Gasteiger partial charge in [0.15, 0.2) is 0 Å². The fraction of sp³-hybridized carbons (Fsp3) is 0.412. The van der Waals surface area contributed by atoms with Crippen LogP contribution in [0.3, 0.4) is 0 Å². The van der Waals surface area contributed by atoms with Crippen molar-refractivity contribution in [2.75, 3.05) is 18.4 Å². The topological polar surface area (TPSA) is 15.3 Å². The lowest BCUT2D eigenvalue weighted by molar-refractivity contribution is 0.221. The van der Waals surface area contributed by atoms with E-state index < -0.39 is 0 Å². The third-order valence-electron chi connectivity index (χ3n) is 3.86. The standard InChI is InChI=1S/C17H22N2S/c1-2-10-19(11-3-1)14-15-6-8-16(9-7-15)18-13-17-5-4-12-20-17/h4-9,12,18H,1-3,10-11,13-14H2. The Hall–Kier alpha value is -1.32. The zero-order chi connectivity index (χ0) is 13.6. The second-order valence-electron chi connectivity index (χ2n) is 5.47. The summed E-state index contributed by atoms with van der Waals surface area (Å²) < 4.78 is 0. The van der Waals surface area contributed by atoms with E-state index >= 15 is 0 Å². The Balaban J connectivity index is 1.51. The summed E-state index contributed by atoms with van der Waals surface area (Å²) in [5, 5.41) is 5.60. The number of rotatable bonds is 5. The maximum atomic E-state index is 3.47. The molecule has 1 saturated heterocycles. The molecule has 3 rings (SSSR count). The van der Waals surface area contributed by atoms with Gasteiger partial charge in [-0.15, -0.1) is 11.3 Å². The van der Waals surface area contributed by atoms with Crippen molar-refractivity contribution in [1.82, 2.24) is 4.90 Å². The number of hydrogen-bond donors (Lipinski definition) is 1. The van der Waals surface area contributed by atoms with Crippen LogP contribution in [0.25, 0.3) is 0 Å². The van der Waals surface area contributed by atoms with Crippen LogP contribution >= 0.6 is 11.3 Å². The average Bonchev–Trinajstić information content (AvgIpc) is 3.01. The predicted octanol–water partition coefficient (Wildman–Crippen LogP) is 4.35. The molecule has 0 bridgehead atoms. The molecule has 1 aliphatic rings. The van der Waals surface area contributed by atoms with Gasteiger partial charge in [-0.2, -0.15) is 0 Å². The van der Waals surface area contributed by atoms with Gasteiger partial charge < -0.3 is 5.32 Å². The highest BCUT2D eigenvalue weighted by atomic mass is 32.1. The van der Waals surface area contributed by atoms with Gasteiger partial charge in [-0.3, -0.25) is 4.90 Å². The molecule has 1 aromatic carbocycles. The van der Waals surface area contributed by atoms with E-state index in [9.17, 15) is 0 Å². The first kappa shape index (κ1) is 13.7. The summed E-state index contributed by atoms with van der Waals surface area (Å²) in [5.74, 6) is 0. The number of benzene rings is 1. The minimum absolute atomic E-state index is 0.920. The molecule has 0 amide bonds. The Morgan fingerprint density at radius 1 is 1.00 bits per heavy atom. The minimum atomic E-state index is 0.920. The molecule has 1 fully saturated rings. The first-order valence-electron chi connectivity index (χ1n) is 7.48. The highest BCUT2D eigenvalue weighted by molar-refractivity contribution is 7.09. The lowest BCUT2D eigenvalue weighted by atomic mass is 10.1. The van der Waals surface area contributed by atoms with E-state index in [2.05, 4.69) is 52.0 Å². The Labute approximate surface area is 125 Å². The number of thiophene rings is 1. The molecule has 0 atom stereocenters. The Bertz CT molecular complexity index is 498. The second-order valence-corrected chi connectivity index (χ2v) is 6.50. The SMILES string of the molecule is c1csc(CNc2ccc(CN3CCCCC3)cc2)c1. The summed E-state index contributed by atoms with van der Waals surface area (Å²) >= 11 is 1.80. The van der Waals surface area contributed by atoms with Crippen molar-refractivity contribution < 1.29 is 0 Å². The molecular formula is C17H22N2S. The Morgan fingerprint density at radius 2 is 1.80 bits per heavy atom. The van der Waals surface area contributed by atoms with Gasteiger partial charge in [0.25, 0.3) is 0 Å². The van der Waals surface area contributed by atoms with Crippen molar-refractivity contribution in [3.63, 3.8) is 0 Å². The van der Waals surface area contributed by atoms with Crippen molar-refractivity contribution in [3.8, 4) is 0 Å². The molecule has 1 aliphatic heterocycles. The maximum absolute atomic E-state index is 3.47. The van der Waals surface area contributed by atoms with Crippen LogP contribution in [0.1, 0.15) is 29.7 Å². The van der Waals surface area contributed by atoms with Gasteiger partial charge in [-0.25, -0.2) is 0 Å². The molecule has 2 aromatic rings. The molecule has 0 unspecified atom stereocenters. The van der Waals surface area contributed by atoms with Crippen LogP contribution in [0, 0.1) is 0 Å². The maximum Gasteiger partial charge on any atom is 0.0494 e. The van der Waals surface area contributed by atoms with Crippen LogP contribution in [0.15, 0.2) is 41.8 Å². The normalized spacial score (nSPS) is 16.2. The number of nitrogens with zero attached hydrogens (tertiary/aromatic N) is 1. The lowest BCUT2D eigenvalue weighted by Crippen LogP contribution is -2.29. The van der Waals surface area contributed by atoms with Crippen LogP contribution in [0.4, 0.5) is 5.69 Å². The van der Waals surface area contributed by atoms with E-state index in [4.69, 9.17) is 0 Å². The zero-order valence-electron chi connectivity index (χ0n) is 11.8. The molecule has 3 heteroatoms. The van der Waals surface area contributed by atoms with Gasteiger partial charge in [0.05, 0.1) is 0 Å². The van der Waals surface area contributed by atoms with Crippen LogP contribution in [-0.2, 0) is 13.1 Å². The molecule has 0 saturated carbocycles. The monoisotopic (exact) mass is 286 g/mol. The number of nitrogens with one attached hydrogen (secondary N) is 1. The van der Waals surface area contributed by atoms with Crippen LogP contribution in [0.2, 0.25) is 0 Å². The van der Waals surface area contributed by atoms with E-state index in [1.807, 2.05) is 0 Å². The van der Waals surface area contributed by atoms with Crippen molar-refractivity contribution in [1.29, 1.82) is 0 Å². The van der Waals surface area contributed by atoms with Gasteiger partial charge >= 0.3 is 0 Å². The third kappa shape index (κ3) is 3.84. The summed E-state index contributed by atoms with van der Waals surface area (Å²) in [4.78, 5) is 3.94. The summed E-state index contributed by atoms with van der Waals surface area (Å²) in [6.07, 6.45) is 4.13. The van der Waals surface area contributed by atoms with Gasteiger partial charge in [0, 0.05) is 23.7 Å². The van der Waals surface area contributed by atoms with Crippen molar-refractivity contribution in [2.45, 2.75) is 32.4 Å². The molecule has 0 spiro atoms. The summed E-state index contributed by atoms with van der Waals surface area (Å²) in [6.45, 7) is 4.55. The lowest BCUT2D eigenvalue weighted by Gasteiger charge is -2.26. The molecular weight excluding hydrogens is 264 g/mol. The molecule has 1 N–H and O–H groups in total. The predicted molar refractivity (Wildman–Crippen MR) is 87.2 cm³/mol. The van der Waals surface area contributed by atoms with Crippen molar-refractivity contribution in [3.05, 3.63) is 52.2 Å². The fourth-order valence-corrected chi connectivity index (χ4v) is 3.35. The molecule has 2 nitrogen and oxygen atoms in total.